The van der Waals surface area contributed by atoms with Gasteiger partial charge in [-0.1, -0.05) is 29.3 Å². The third-order valence-electron chi connectivity index (χ3n) is 4.19. The van der Waals surface area contributed by atoms with Gasteiger partial charge in [-0.3, -0.25) is 9.59 Å². The van der Waals surface area contributed by atoms with E-state index in [9.17, 15) is 9.59 Å². The maximum atomic E-state index is 12.1. The van der Waals surface area contributed by atoms with Gasteiger partial charge in [-0.2, -0.15) is 0 Å². The van der Waals surface area contributed by atoms with E-state index < -0.39 is 11.7 Å². The van der Waals surface area contributed by atoms with Gasteiger partial charge >= 0.3 is 0 Å². The average molecular weight is 323 g/mol. The highest BCUT2D eigenvalue weighted by Gasteiger charge is 2.35. The first-order valence-corrected chi connectivity index (χ1v) is 8.22. The van der Waals surface area contributed by atoms with Crippen molar-refractivity contribution >= 4 is 17.4 Å². The zero-order valence-corrected chi connectivity index (χ0v) is 14.0. The van der Waals surface area contributed by atoms with Gasteiger partial charge in [-0.15, -0.1) is 0 Å². The van der Waals surface area contributed by atoms with Crippen LogP contribution >= 0.6 is 0 Å². The van der Waals surface area contributed by atoms with Crippen LogP contribution in [0.3, 0.4) is 0 Å². The van der Waals surface area contributed by atoms with Crippen molar-refractivity contribution in [2.45, 2.75) is 26.7 Å². The van der Waals surface area contributed by atoms with Gasteiger partial charge in [0.15, 0.2) is 0 Å². The standard InChI is InChI=1S/C20H21NO3/c1-14-5-8-16(9-6-14)24-12-4-3-11-21-18-10-7-15(2)13-17(18)19(22)20(21)23/h5-10,13H,3-4,11-12H2,1-2H3. The SMILES string of the molecule is Cc1ccc(OCCCCN2C(=O)C(=O)c3cc(C)ccc32)cc1. The number of benzene rings is 2. The number of amides is 1. The Morgan fingerprint density at radius 3 is 2.38 bits per heavy atom. The molecule has 1 aliphatic heterocycles. The van der Waals surface area contributed by atoms with Gasteiger partial charge in [-0.25, -0.2) is 0 Å². The minimum Gasteiger partial charge on any atom is -0.494 e. The van der Waals surface area contributed by atoms with Crippen molar-refractivity contribution in [1.29, 1.82) is 0 Å². The van der Waals surface area contributed by atoms with Crippen LogP contribution in [0.2, 0.25) is 0 Å². The van der Waals surface area contributed by atoms with Crippen LogP contribution in [0, 0.1) is 13.8 Å². The first-order valence-electron chi connectivity index (χ1n) is 8.22. The van der Waals surface area contributed by atoms with Crippen molar-refractivity contribution in [3.63, 3.8) is 0 Å². The van der Waals surface area contributed by atoms with E-state index in [1.54, 1.807) is 11.0 Å². The number of fused-ring (bicyclic) bond motifs is 1. The zero-order valence-electron chi connectivity index (χ0n) is 14.0. The van der Waals surface area contributed by atoms with Crippen LogP contribution in [-0.2, 0) is 4.79 Å². The summed E-state index contributed by atoms with van der Waals surface area (Å²) in [5, 5.41) is 0. The molecule has 124 valence electrons. The van der Waals surface area contributed by atoms with E-state index in [4.69, 9.17) is 4.74 Å². The lowest BCUT2D eigenvalue weighted by molar-refractivity contribution is -0.114. The first-order chi connectivity index (χ1) is 11.6. The van der Waals surface area contributed by atoms with Crippen LogP contribution in [0.1, 0.15) is 34.3 Å². The van der Waals surface area contributed by atoms with Gasteiger partial charge in [0.1, 0.15) is 5.75 Å². The van der Waals surface area contributed by atoms with Crippen molar-refractivity contribution in [1.82, 2.24) is 0 Å². The summed E-state index contributed by atoms with van der Waals surface area (Å²) in [7, 11) is 0. The van der Waals surface area contributed by atoms with Crippen LogP contribution in [0.25, 0.3) is 0 Å². The summed E-state index contributed by atoms with van der Waals surface area (Å²) in [5.41, 5.74) is 3.45. The van der Waals surface area contributed by atoms with E-state index in [2.05, 4.69) is 0 Å². The van der Waals surface area contributed by atoms with Gasteiger partial charge in [0.05, 0.1) is 17.9 Å². The van der Waals surface area contributed by atoms with E-state index in [0.717, 1.165) is 29.8 Å². The molecule has 0 aliphatic carbocycles. The number of ether oxygens (including phenoxy) is 1. The van der Waals surface area contributed by atoms with Crippen molar-refractivity contribution in [3.05, 3.63) is 59.2 Å². The summed E-state index contributed by atoms with van der Waals surface area (Å²) < 4.78 is 5.69. The Labute approximate surface area is 142 Å². The molecule has 0 saturated carbocycles. The lowest BCUT2D eigenvalue weighted by Gasteiger charge is -2.16. The lowest BCUT2D eigenvalue weighted by atomic mass is 10.1. The fourth-order valence-corrected chi connectivity index (χ4v) is 2.83. The number of carbonyl (C=O) groups excluding carboxylic acids is 2. The molecule has 4 nitrogen and oxygen atoms in total. The fraction of sp³-hybridized carbons (Fsp3) is 0.300. The molecule has 1 amide bonds. The molecule has 24 heavy (non-hydrogen) atoms. The Kier molecular flexibility index (Phi) is 4.65. The number of anilines is 1. The highest BCUT2D eigenvalue weighted by molar-refractivity contribution is 6.52. The predicted octanol–water partition coefficient (Wildman–Crippen LogP) is 3.69. The molecule has 0 bridgehead atoms. The van der Waals surface area contributed by atoms with Crippen molar-refractivity contribution in [2.24, 2.45) is 0 Å². The van der Waals surface area contributed by atoms with E-state index in [0.29, 0.717) is 18.7 Å². The van der Waals surface area contributed by atoms with Gasteiger partial charge < -0.3 is 9.64 Å². The molecule has 2 aromatic rings. The quantitative estimate of drug-likeness (QED) is 0.601. The molecule has 1 aliphatic rings. The van der Waals surface area contributed by atoms with E-state index in [1.165, 1.54) is 5.56 Å². The van der Waals surface area contributed by atoms with Gasteiger partial charge in [0.2, 0.25) is 0 Å². The van der Waals surface area contributed by atoms with Crippen LogP contribution in [0.5, 0.6) is 5.75 Å². The second-order valence-corrected chi connectivity index (χ2v) is 6.18. The van der Waals surface area contributed by atoms with Crippen molar-refractivity contribution in [2.75, 3.05) is 18.1 Å². The number of ketones is 1. The number of aryl methyl sites for hydroxylation is 2. The number of hydrogen-bond donors (Lipinski definition) is 0. The predicted molar refractivity (Wildman–Crippen MR) is 93.8 cm³/mol. The number of nitrogens with zero attached hydrogens (tertiary/aromatic N) is 1. The normalized spacial score (nSPS) is 13.3. The van der Waals surface area contributed by atoms with Crippen LogP contribution in [0.15, 0.2) is 42.5 Å². The maximum Gasteiger partial charge on any atom is 0.299 e. The Morgan fingerprint density at radius 1 is 0.917 bits per heavy atom. The highest BCUT2D eigenvalue weighted by Crippen LogP contribution is 2.29. The number of carbonyl (C=O) groups is 2. The molecule has 0 radical (unpaired) electrons. The molecule has 0 saturated heterocycles. The largest absolute Gasteiger partial charge is 0.494 e. The summed E-state index contributed by atoms with van der Waals surface area (Å²) in [4.78, 5) is 25.8. The number of hydrogen-bond acceptors (Lipinski definition) is 3. The highest BCUT2D eigenvalue weighted by atomic mass is 16.5. The number of rotatable bonds is 6. The first kappa shape index (κ1) is 16.2. The Morgan fingerprint density at radius 2 is 1.62 bits per heavy atom. The molecule has 0 atom stereocenters. The second-order valence-electron chi connectivity index (χ2n) is 6.18. The third-order valence-corrected chi connectivity index (χ3v) is 4.19. The minimum atomic E-state index is -0.421. The molecular formula is C20H21NO3. The summed E-state index contributed by atoms with van der Waals surface area (Å²) in [6, 6.07) is 13.5. The second kappa shape index (κ2) is 6.87. The summed E-state index contributed by atoms with van der Waals surface area (Å²) in [5.74, 6) is 0.0357. The smallest absolute Gasteiger partial charge is 0.299 e. The Bertz CT molecular complexity index is 765. The van der Waals surface area contributed by atoms with Crippen LogP contribution in [0.4, 0.5) is 5.69 Å². The fourth-order valence-electron chi connectivity index (χ4n) is 2.83. The topological polar surface area (TPSA) is 46.6 Å². The van der Waals surface area contributed by atoms with E-state index in [-0.39, 0.29) is 0 Å². The van der Waals surface area contributed by atoms with Gasteiger partial charge in [0, 0.05) is 6.54 Å². The summed E-state index contributed by atoms with van der Waals surface area (Å²) >= 11 is 0. The van der Waals surface area contributed by atoms with Crippen LogP contribution < -0.4 is 9.64 Å². The molecule has 0 aromatic heterocycles. The molecule has 0 unspecified atom stereocenters. The van der Waals surface area contributed by atoms with E-state index in [1.807, 2.05) is 50.2 Å². The van der Waals surface area contributed by atoms with E-state index >= 15 is 0 Å². The maximum absolute atomic E-state index is 12.1. The Hall–Kier alpha value is -2.62. The minimum absolute atomic E-state index is 0.399. The Balaban J connectivity index is 1.51. The molecule has 2 aromatic carbocycles. The van der Waals surface area contributed by atoms with Crippen molar-refractivity contribution < 1.29 is 14.3 Å². The van der Waals surface area contributed by atoms with Crippen LogP contribution in [-0.4, -0.2) is 24.8 Å². The van der Waals surface area contributed by atoms with Gasteiger partial charge in [0.25, 0.3) is 11.7 Å². The summed E-state index contributed by atoms with van der Waals surface area (Å²) in [6.07, 6.45) is 1.62. The molecule has 0 spiro atoms. The lowest BCUT2D eigenvalue weighted by Crippen LogP contribution is -2.30. The van der Waals surface area contributed by atoms with Crippen molar-refractivity contribution in [3.8, 4) is 5.75 Å². The van der Waals surface area contributed by atoms with Gasteiger partial charge in [-0.05, 0) is 51.0 Å². The monoisotopic (exact) mass is 323 g/mol. The molecule has 4 heteroatoms. The number of unbranched alkanes of at least 4 members (excludes halogenated alkanes) is 1. The summed E-state index contributed by atoms with van der Waals surface area (Å²) in [6.45, 7) is 5.10. The molecule has 1 heterocycles. The molecule has 3 rings (SSSR count). The molecular weight excluding hydrogens is 302 g/mol. The third kappa shape index (κ3) is 3.32. The molecule has 0 fully saturated rings. The number of Topliss-reactive ketones (excluding diaryl/α,β-unsaturated/α-hetero) is 1. The molecule has 0 N–H and O–H groups in total. The average Bonchev–Trinajstić information content (AvgIpc) is 2.81. The zero-order chi connectivity index (χ0) is 17.1.